The molecule has 1 rings (SSSR count). The summed E-state index contributed by atoms with van der Waals surface area (Å²) in [5.41, 5.74) is 1.16. The van der Waals surface area contributed by atoms with E-state index < -0.39 is 0 Å². The number of unbranched alkanes of at least 4 members (excludes halogenated alkanes) is 1. The molecule has 3 nitrogen and oxygen atoms in total. The Bertz CT molecular complexity index is 407. The lowest BCUT2D eigenvalue weighted by Gasteiger charge is -2.15. The molecule has 0 saturated carbocycles. The van der Waals surface area contributed by atoms with Crippen LogP contribution in [-0.4, -0.2) is 9.78 Å². The SMILES string of the molecule is CCCCn1nc(C(C)(C)C)c(C#N)c1Cl. The van der Waals surface area contributed by atoms with Gasteiger partial charge >= 0.3 is 0 Å². The van der Waals surface area contributed by atoms with Gasteiger partial charge in [-0.2, -0.15) is 10.4 Å². The van der Waals surface area contributed by atoms with Crippen LogP contribution < -0.4 is 0 Å². The Kier molecular flexibility index (Phi) is 3.98. The summed E-state index contributed by atoms with van der Waals surface area (Å²) in [7, 11) is 0. The number of hydrogen-bond acceptors (Lipinski definition) is 2. The maximum atomic E-state index is 9.11. The number of nitriles is 1. The molecule has 0 N–H and O–H groups in total. The van der Waals surface area contributed by atoms with E-state index in [-0.39, 0.29) is 5.41 Å². The van der Waals surface area contributed by atoms with Gasteiger partial charge in [0.1, 0.15) is 16.8 Å². The van der Waals surface area contributed by atoms with E-state index >= 15 is 0 Å². The van der Waals surface area contributed by atoms with Crippen molar-refractivity contribution in [3.63, 3.8) is 0 Å². The molecule has 0 fully saturated rings. The summed E-state index contributed by atoms with van der Waals surface area (Å²) in [6.07, 6.45) is 2.11. The average Bonchev–Trinajstić information content (AvgIpc) is 2.51. The Morgan fingerprint density at radius 2 is 2.06 bits per heavy atom. The minimum absolute atomic E-state index is 0.147. The molecular formula is C12H18ClN3. The minimum Gasteiger partial charge on any atom is -0.252 e. The Labute approximate surface area is 102 Å². The second kappa shape index (κ2) is 4.88. The largest absolute Gasteiger partial charge is 0.252 e. The normalized spacial score (nSPS) is 11.5. The molecule has 4 heteroatoms. The Morgan fingerprint density at radius 3 is 2.44 bits per heavy atom. The predicted molar refractivity (Wildman–Crippen MR) is 65.6 cm³/mol. The molecule has 1 heterocycles. The van der Waals surface area contributed by atoms with Gasteiger partial charge in [-0.25, -0.2) is 0 Å². The van der Waals surface area contributed by atoms with Crippen molar-refractivity contribution in [2.75, 3.05) is 0 Å². The van der Waals surface area contributed by atoms with Gasteiger partial charge in [0.25, 0.3) is 0 Å². The average molecular weight is 240 g/mol. The molecule has 0 spiro atoms. The molecule has 0 saturated heterocycles. The van der Waals surface area contributed by atoms with Gasteiger partial charge in [-0.3, -0.25) is 4.68 Å². The summed E-state index contributed by atoms with van der Waals surface area (Å²) < 4.78 is 1.74. The van der Waals surface area contributed by atoms with E-state index in [0.29, 0.717) is 10.7 Å². The number of rotatable bonds is 3. The molecule has 0 aromatic carbocycles. The first-order valence-electron chi connectivity index (χ1n) is 5.58. The molecule has 0 amide bonds. The minimum atomic E-state index is -0.147. The van der Waals surface area contributed by atoms with Crippen LogP contribution in [0.1, 0.15) is 51.8 Å². The standard InChI is InChI=1S/C12H18ClN3/c1-5-6-7-16-11(13)9(8-14)10(15-16)12(2,3)4/h5-7H2,1-4H3. The summed E-state index contributed by atoms with van der Waals surface area (Å²) in [5.74, 6) is 0. The quantitative estimate of drug-likeness (QED) is 0.810. The van der Waals surface area contributed by atoms with Gasteiger partial charge in [0.2, 0.25) is 0 Å². The topological polar surface area (TPSA) is 41.6 Å². The van der Waals surface area contributed by atoms with Crippen LogP contribution in [-0.2, 0) is 12.0 Å². The van der Waals surface area contributed by atoms with Crippen LogP contribution in [0, 0.1) is 11.3 Å². The summed E-state index contributed by atoms with van der Waals surface area (Å²) in [6, 6.07) is 2.15. The molecular weight excluding hydrogens is 222 g/mol. The second-order valence-corrected chi connectivity index (χ2v) is 5.31. The van der Waals surface area contributed by atoms with Crippen LogP contribution in [0.25, 0.3) is 0 Å². The number of aromatic nitrogens is 2. The van der Waals surface area contributed by atoms with Crippen LogP contribution >= 0.6 is 11.6 Å². The second-order valence-electron chi connectivity index (χ2n) is 4.95. The highest BCUT2D eigenvalue weighted by Crippen LogP contribution is 2.29. The fourth-order valence-corrected chi connectivity index (χ4v) is 1.78. The zero-order chi connectivity index (χ0) is 12.3. The van der Waals surface area contributed by atoms with Gasteiger partial charge in [-0.1, -0.05) is 45.7 Å². The van der Waals surface area contributed by atoms with Crippen LogP contribution in [0.15, 0.2) is 0 Å². The van der Waals surface area contributed by atoms with E-state index in [1.807, 2.05) is 20.8 Å². The van der Waals surface area contributed by atoms with E-state index in [2.05, 4.69) is 18.1 Å². The van der Waals surface area contributed by atoms with Crippen molar-refractivity contribution < 1.29 is 0 Å². The van der Waals surface area contributed by atoms with Crippen molar-refractivity contribution in [1.82, 2.24) is 9.78 Å². The highest BCUT2D eigenvalue weighted by Gasteiger charge is 2.25. The highest BCUT2D eigenvalue weighted by atomic mass is 35.5. The molecule has 0 aliphatic heterocycles. The monoisotopic (exact) mass is 239 g/mol. The molecule has 1 aromatic rings. The predicted octanol–water partition coefficient (Wildman–Crippen LogP) is 3.51. The lowest BCUT2D eigenvalue weighted by molar-refractivity contribution is 0.519. The Morgan fingerprint density at radius 1 is 1.44 bits per heavy atom. The van der Waals surface area contributed by atoms with Gasteiger partial charge in [-0.15, -0.1) is 0 Å². The number of hydrogen-bond donors (Lipinski definition) is 0. The molecule has 0 atom stereocenters. The van der Waals surface area contributed by atoms with Crippen molar-refractivity contribution in [1.29, 1.82) is 5.26 Å². The number of halogens is 1. The van der Waals surface area contributed by atoms with Gasteiger partial charge in [-0.05, 0) is 6.42 Å². The molecule has 0 aliphatic rings. The fraction of sp³-hybridized carbons (Fsp3) is 0.667. The summed E-state index contributed by atoms with van der Waals surface area (Å²) in [6.45, 7) is 9.01. The maximum Gasteiger partial charge on any atom is 0.145 e. The molecule has 88 valence electrons. The third-order valence-corrected chi connectivity index (χ3v) is 2.82. The van der Waals surface area contributed by atoms with E-state index in [0.717, 1.165) is 25.1 Å². The van der Waals surface area contributed by atoms with E-state index in [9.17, 15) is 0 Å². The number of aryl methyl sites for hydroxylation is 1. The molecule has 0 radical (unpaired) electrons. The third-order valence-electron chi connectivity index (χ3n) is 2.44. The van der Waals surface area contributed by atoms with Gasteiger partial charge in [0.15, 0.2) is 0 Å². The van der Waals surface area contributed by atoms with Crippen molar-refractivity contribution in [3.8, 4) is 6.07 Å². The molecule has 0 aliphatic carbocycles. The lowest BCUT2D eigenvalue weighted by Crippen LogP contribution is -2.14. The van der Waals surface area contributed by atoms with Crippen molar-refractivity contribution in [3.05, 3.63) is 16.4 Å². The zero-order valence-electron chi connectivity index (χ0n) is 10.3. The van der Waals surface area contributed by atoms with E-state index in [1.54, 1.807) is 4.68 Å². The molecule has 1 aromatic heterocycles. The summed E-state index contributed by atoms with van der Waals surface area (Å²) >= 11 is 6.15. The maximum absolute atomic E-state index is 9.11. The summed E-state index contributed by atoms with van der Waals surface area (Å²) in [5, 5.41) is 14.0. The number of nitrogens with zero attached hydrogens (tertiary/aromatic N) is 3. The zero-order valence-corrected chi connectivity index (χ0v) is 11.1. The van der Waals surface area contributed by atoms with Gasteiger partial charge < -0.3 is 0 Å². The highest BCUT2D eigenvalue weighted by molar-refractivity contribution is 6.30. The van der Waals surface area contributed by atoms with Crippen molar-refractivity contribution in [2.45, 2.75) is 52.5 Å². The fourth-order valence-electron chi connectivity index (χ4n) is 1.52. The lowest BCUT2D eigenvalue weighted by atomic mass is 9.90. The van der Waals surface area contributed by atoms with Crippen molar-refractivity contribution in [2.24, 2.45) is 0 Å². The van der Waals surface area contributed by atoms with E-state index in [4.69, 9.17) is 16.9 Å². The third kappa shape index (κ3) is 2.56. The van der Waals surface area contributed by atoms with Crippen LogP contribution in [0.4, 0.5) is 0 Å². The summed E-state index contributed by atoms with van der Waals surface area (Å²) in [4.78, 5) is 0. The van der Waals surface area contributed by atoms with Crippen molar-refractivity contribution >= 4 is 11.6 Å². The Hall–Kier alpha value is -1.01. The van der Waals surface area contributed by atoms with Crippen LogP contribution in [0.2, 0.25) is 5.15 Å². The first-order valence-corrected chi connectivity index (χ1v) is 5.96. The Balaban J connectivity index is 3.17. The smallest absolute Gasteiger partial charge is 0.145 e. The van der Waals surface area contributed by atoms with E-state index in [1.165, 1.54) is 0 Å². The first kappa shape index (κ1) is 13.1. The molecule has 0 unspecified atom stereocenters. The van der Waals surface area contributed by atoms with Crippen LogP contribution in [0.3, 0.4) is 0 Å². The first-order chi connectivity index (χ1) is 7.41. The van der Waals surface area contributed by atoms with Gasteiger partial charge in [0, 0.05) is 12.0 Å². The van der Waals surface area contributed by atoms with Gasteiger partial charge in [0.05, 0.1) is 5.69 Å². The van der Waals surface area contributed by atoms with Crippen LogP contribution in [0.5, 0.6) is 0 Å². The molecule has 0 bridgehead atoms. The molecule has 16 heavy (non-hydrogen) atoms.